The molecule has 2 aromatic heterocycles. The number of aliphatic imine (C=N–C) groups is 1. The molecule has 10 nitrogen and oxygen atoms in total. The van der Waals surface area contributed by atoms with Crippen molar-refractivity contribution in [3.05, 3.63) is 10.4 Å². The van der Waals surface area contributed by atoms with Crippen LogP contribution in [0.25, 0.3) is 10.2 Å². The maximum Gasteiger partial charge on any atom is 0.255 e. The highest BCUT2D eigenvalue weighted by Crippen LogP contribution is 2.43. The van der Waals surface area contributed by atoms with E-state index in [2.05, 4.69) is 38.8 Å². The highest BCUT2D eigenvalue weighted by Gasteiger charge is 2.33. The molecule has 5 rings (SSSR count). The third-order valence-corrected chi connectivity index (χ3v) is 7.95. The number of aromatic nitrogens is 2. The van der Waals surface area contributed by atoms with Gasteiger partial charge >= 0.3 is 0 Å². The zero-order chi connectivity index (χ0) is 23.7. The number of ether oxygens (including phenoxy) is 3. The molecular formula is C23H33N7O3S. The van der Waals surface area contributed by atoms with E-state index < -0.39 is 0 Å². The lowest BCUT2D eigenvalue weighted by atomic mass is 9.91. The lowest BCUT2D eigenvalue weighted by Gasteiger charge is -2.38. The maximum absolute atomic E-state index is 7.03. The fraction of sp³-hybridized carbons (Fsp3) is 0.696. The Labute approximate surface area is 203 Å². The van der Waals surface area contributed by atoms with E-state index in [-0.39, 0.29) is 30.0 Å². The van der Waals surface area contributed by atoms with E-state index >= 15 is 0 Å². The van der Waals surface area contributed by atoms with Crippen LogP contribution in [0.1, 0.15) is 50.0 Å². The summed E-state index contributed by atoms with van der Waals surface area (Å²) in [5.74, 6) is 1.05. The van der Waals surface area contributed by atoms with Crippen molar-refractivity contribution in [2.45, 2.75) is 70.3 Å². The van der Waals surface area contributed by atoms with Gasteiger partial charge in [-0.2, -0.15) is 20.1 Å². The van der Waals surface area contributed by atoms with Crippen LogP contribution in [0.15, 0.2) is 10.1 Å². The third-order valence-electron chi connectivity index (χ3n) is 6.85. The van der Waals surface area contributed by atoms with Gasteiger partial charge in [-0.15, -0.1) is 11.3 Å². The fourth-order valence-corrected chi connectivity index (χ4v) is 6.20. The summed E-state index contributed by atoms with van der Waals surface area (Å²) < 4.78 is 18.1. The van der Waals surface area contributed by atoms with Crippen molar-refractivity contribution in [2.75, 3.05) is 32.8 Å². The van der Waals surface area contributed by atoms with Crippen LogP contribution in [0.5, 0.6) is 5.88 Å². The monoisotopic (exact) mass is 487 g/mol. The molecule has 0 spiro atoms. The average molecular weight is 488 g/mol. The number of hydrogen-bond donors (Lipinski definition) is 2. The van der Waals surface area contributed by atoms with Crippen molar-refractivity contribution in [1.82, 2.24) is 14.9 Å². The number of thiophene rings is 1. The quantitative estimate of drug-likeness (QED) is 0.362. The number of nitrogens with two attached hydrogens (primary N) is 1. The molecule has 2 aromatic rings. The van der Waals surface area contributed by atoms with Crippen LogP contribution in [0.2, 0.25) is 0 Å². The first-order valence-electron chi connectivity index (χ1n) is 12.0. The second-order valence-corrected chi connectivity index (χ2v) is 10.9. The van der Waals surface area contributed by atoms with E-state index in [4.69, 9.17) is 25.5 Å². The number of hydrogen-bond acceptors (Lipinski definition) is 10. The van der Waals surface area contributed by atoms with E-state index in [9.17, 15) is 0 Å². The van der Waals surface area contributed by atoms with Crippen molar-refractivity contribution >= 4 is 33.3 Å². The molecule has 0 amide bonds. The molecule has 34 heavy (non-hydrogen) atoms. The molecule has 0 radical (unpaired) electrons. The average Bonchev–Trinajstić information content (AvgIpc) is 3.17. The van der Waals surface area contributed by atoms with Gasteiger partial charge in [-0.05, 0) is 45.1 Å². The first kappa shape index (κ1) is 23.5. The lowest BCUT2D eigenvalue weighted by Crippen LogP contribution is -2.46. The fourth-order valence-electron chi connectivity index (χ4n) is 5.11. The van der Waals surface area contributed by atoms with Gasteiger partial charge in [0.05, 0.1) is 30.8 Å². The van der Waals surface area contributed by atoms with Crippen molar-refractivity contribution < 1.29 is 14.2 Å². The summed E-state index contributed by atoms with van der Waals surface area (Å²) in [4.78, 5) is 18.2. The summed E-state index contributed by atoms with van der Waals surface area (Å²) >= 11 is 1.61. The van der Waals surface area contributed by atoms with Crippen LogP contribution in [-0.2, 0) is 22.5 Å². The number of fused-ring (bicyclic) bond motifs is 3. The molecule has 4 heterocycles. The molecule has 0 aromatic carbocycles. The van der Waals surface area contributed by atoms with Gasteiger partial charge in [0.15, 0.2) is 0 Å². The van der Waals surface area contributed by atoms with Crippen LogP contribution in [0, 0.1) is 5.53 Å². The maximum atomic E-state index is 7.03. The Morgan fingerprint density at radius 1 is 1.24 bits per heavy atom. The van der Waals surface area contributed by atoms with Gasteiger partial charge in [0.1, 0.15) is 23.3 Å². The molecule has 184 valence electrons. The minimum atomic E-state index is -0.245. The highest BCUT2D eigenvalue weighted by molar-refractivity contribution is 7.18. The molecule has 2 aliphatic heterocycles. The zero-order valence-corrected chi connectivity index (χ0v) is 20.7. The molecule has 3 aliphatic rings. The van der Waals surface area contributed by atoms with Crippen molar-refractivity contribution in [3.8, 4) is 5.88 Å². The summed E-state index contributed by atoms with van der Waals surface area (Å²) in [6, 6.07) is 0.606. The van der Waals surface area contributed by atoms with E-state index in [0.717, 1.165) is 68.6 Å². The van der Waals surface area contributed by atoms with E-state index in [1.54, 1.807) is 11.3 Å². The highest BCUT2D eigenvalue weighted by atomic mass is 32.1. The SMILES string of the molecule is CC1(C)Cc2c(sc3nc(N=C(N)CN=N)nc(OC4CCC(N5CCOCC5)CC4)c23)CO1. The summed E-state index contributed by atoms with van der Waals surface area (Å²) in [6.07, 6.45) is 5.11. The normalized spacial score (nSPS) is 25.8. The molecule has 0 bridgehead atoms. The van der Waals surface area contributed by atoms with Crippen LogP contribution in [0.4, 0.5) is 5.95 Å². The zero-order valence-electron chi connectivity index (χ0n) is 19.9. The topological polar surface area (TPSA) is 131 Å². The Balaban J connectivity index is 1.42. The van der Waals surface area contributed by atoms with Gasteiger partial charge in [0.25, 0.3) is 5.95 Å². The molecule has 0 atom stereocenters. The van der Waals surface area contributed by atoms with Crippen LogP contribution in [-0.4, -0.2) is 71.3 Å². The van der Waals surface area contributed by atoms with Crippen molar-refractivity contribution in [3.63, 3.8) is 0 Å². The van der Waals surface area contributed by atoms with Gasteiger partial charge in [0, 0.05) is 30.4 Å². The van der Waals surface area contributed by atoms with E-state index in [0.29, 0.717) is 18.5 Å². The standard InChI is InChI=1S/C23H33N7O3S/c1-23(2)11-16-17(13-32-23)34-21-19(16)20(28-22(29-21)27-18(24)12-26-25)33-15-5-3-14(4-6-15)30-7-9-31-10-8-30/h14-15,25H,3-13H2,1-2H3,(H2,24,27,28,29). The lowest BCUT2D eigenvalue weighted by molar-refractivity contribution is -0.0379. The van der Waals surface area contributed by atoms with Gasteiger partial charge in [-0.25, -0.2) is 5.53 Å². The van der Waals surface area contributed by atoms with E-state index in [1.165, 1.54) is 10.4 Å². The van der Waals surface area contributed by atoms with Crippen LogP contribution >= 0.6 is 11.3 Å². The van der Waals surface area contributed by atoms with Crippen molar-refractivity contribution in [1.29, 1.82) is 5.53 Å². The Hall–Kier alpha value is -2.21. The molecule has 1 aliphatic carbocycles. The van der Waals surface area contributed by atoms with Crippen LogP contribution in [0.3, 0.4) is 0 Å². The minimum absolute atomic E-state index is 0.0200. The van der Waals surface area contributed by atoms with Gasteiger partial charge in [0.2, 0.25) is 5.88 Å². The molecule has 2 fully saturated rings. The predicted molar refractivity (Wildman–Crippen MR) is 130 cm³/mol. The molecular weight excluding hydrogens is 454 g/mol. The second-order valence-electron chi connectivity index (χ2n) is 9.85. The Morgan fingerprint density at radius 3 is 2.74 bits per heavy atom. The summed E-state index contributed by atoms with van der Waals surface area (Å²) in [5.41, 5.74) is 13.9. The summed E-state index contributed by atoms with van der Waals surface area (Å²) in [5, 5.41) is 4.29. The number of morpholine rings is 1. The number of nitrogens with zero attached hydrogens (tertiary/aromatic N) is 5. The number of amidine groups is 1. The largest absolute Gasteiger partial charge is 0.474 e. The molecule has 1 saturated heterocycles. The van der Waals surface area contributed by atoms with Crippen LogP contribution < -0.4 is 10.5 Å². The Bertz CT molecular complexity index is 1070. The van der Waals surface area contributed by atoms with Gasteiger partial charge in [-0.1, -0.05) is 0 Å². The third kappa shape index (κ3) is 5.07. The number of nitrogens with one attached hydrogen (secondary N) is 1. The molecule has 1 saturated carbocycles. The first-order valence-corrected chi connectivity index (χ1v) is 12.8. The summed E-state index contributed by atoms with van der Waals surface area (Å²) in [6.45, 7) is 8.51. The predicted octanol–water partition coefficient (Wildman–Crippen LogP) is 3.58. The number of rotatable bonds is 6. The van der Waals surface area contributed by atoms with Gasteiger partial charge in [-0.3, -0.25) is 4.90 Å². The van der Waals surface area contributed by atoms with Crippen molar-refractivity contribution in [2.24, 2.45) is 15.8 Å². The molecule has 3 N–H and O–H groups in total. The Kier molecular flexibility index (Phi) is 6.79. The summed E-state index contributed by atoms with van der Waals surface area (Å²) in [7, 11) is 0. The minimum Gasteiger partial charge on any atom is -0.474 e. The smallest absolute Gasteiger partial charge is 0.255 e. The second kappa shape index (κ2) is 9.80. The Morgan fingerprint density at radius 2 is 2.00 bits per heavy atom. The molecule has 0 unspecified atom stereocenters. The first-order chi connectivity index (χ1) is 16.4. The van der Waals surface area contributed by atoms with E-state index in [1.807, 2.05) is 0 Å². The van der Waals surface area contributed by atoms with Gasteiger partial charge < -0.3 is 19.9 Å². The molecule has 11 heteroatoms.